The van der Waals surface area contributed by atoms with Gasteiger partial charge < -0.3 is 5.32 Å². The first-order valence-electron chi connectivity index (χ1n) is 6.64. The second-order valence-corrected chi connectivity index (χ2v) is 4.57. The SMILES string of the molecule is CC[C@H](C)n1ccc(NCc2cnn(CC)c2F)n1. The largest absolute Gasteiger partial charge is 0.364 e. The van der Waals surface area contributed by atoms with E-state index in [0.29, 0.717) is 24.7 Å². The zero-order valence-corrected chi connectivity index (χ0v) is 11.6. The Labute approximate surface area is 112 Å². The summed E-state index contributed by atoms with van der Waals surface area (Å²) in [5.74, 6) is 0.473. The number of hydrogen-bond acceptors (Lipinski definition) is 3. The molecule has 0 fully saturated rings. The van der Waals surface area contributed by atoms with E-state index in [9.17, 15) is 4.39 Å². The highest BCUT2D eigenvalue weighted by Gasteiger charge is 2.10. The third kappa shape index (κ3) is 2.94. The summed E-state index contributed by atoms with van der Waals surface area (Å²) in [5, 5.41) is 11.5. The fourth-order valence-electron chi connectivity index (χ4n) is 1.80. The molecule has 0 saturated heterocycles. The molecule has 6 heteroatoms. The van der Waals surface area contributed by atoms with Gasteiger partial charge in [-0.1, -0.05) is 6.92 Å². The van der Waals surface area contributed by atoms with Gasteiger partial charge in [-0.05, 0) is 20.3 Å². The van der Waals surface area contributed by atoms with Crippen molar-refractivity contribution < 1.29 is 4.39 Å². The van der Waals surface area contributed by atoms with E-state index >= 15 is 0 Å². The lowest BCUT2D eigenvalue weighted by Gasteiger charge is -2.08. The third-order valence-electron chi connectivity index (χ3n) is 3.25. The van der Waals surface area contributed by atoms with Crippen molar-refractivity contribution in [3.8, 4) is 0 Å². The molecule has 19 heavy (non-hydrogen) atoms. The van der Waals surface area contributed by atoms with Crippen LogP contribution in [0.15, 0.2) is 18.5 Å². The van der Waals surface area contributed by atoms with Crippen molar-refractivity contribution in [2.24, 2.45) is 0 Å². The van der Waals surface area contributed by atoms with Gasteiger partial charge in [0.1, 0.15) is 5.82 Å². The molecule has 1 atom stereocenters. The summed E-state index contributed by atoms with van der Waals surface area (Å²) >= 11 is 0. The standard InChI is InChI=1S/C13H20FN5/c1-4-10(3)19-7-6-12(17-19)15-8-11-9-16-18(5-2)13(11)14/h6-7,9-10H,4-5,8H2,1-3H3,(H,15,17)/t10-/m0/s1. The van der Waals surface area contributed by atoms with Crippen molar-refractivity contribution in [1.82, 2.24) is 19.6 Å². The lowest BCUT2D eigenvalue weighted by molar-refractivity contribution is 0.465. The summed E-state index contributed by atoms with van der Waals surface area (Å²) in [4.78, 5) is 0. The molecule has 0 aliphatic carbocycles. The van der Waals surface area contributed by atoms with Gasteiger partial charge in [-0.15, -0.1) is 0 Å². The zero-order chi connectivity index (χ0) is 13.8. The van der Waals surface area contributed by atoms with Crippen LogP contribution >= 0.6 is 0 Å². The highest BCUT2D eigenvalue weighted by molar-refractivity contribution is 5.33. The van der Waals surface area contributed by atoms with E-state index in [0.717, 1.165) is 12.2 Å². The van der Waals surface area contributed by atoms with Crippen LogP contribution in [-0.4, -0.2) is 19.6 Å². The molecule has 104 valence electrons. The predicted octanol–water partition coefficient (Wildman–Crippen LogP) is 2.82. The van der Waals surface area contributed by atoms with Crippen LogP contribution in [0.5, 0.6) is 0 Å². The van der Waals surface area contributed by atoms with E-state index in [1.54, 1.807) is 6.20 Å². The van der Waals surface area contributed by atoms with Crippen molar-refractivity contribution in [2.75, 3.05) is 5.32 Å². The van der Waals surface area contributed by atoms with Gasteiger partial charge in [0, 0.05) is 37.0 Å². The first kappa shape index (κ1) is 13.6. The fraction of sp³-hybridized carbons (Fsp3) is 0.538. The van der Waals surface area contributed by atoms with Crippen LogP contribution in [0, 0.1) is 5.95 Å². The van der Waals surface area contributed by atoms with Gasteiger partial charge >= 0.3 is 0 Å². The monoisotopic (exact) mass is 265 g/mol. The number of rotatable bonds is 6. The van der Waals surface area contributed by atoms with Gasteiger partial charge in [0.05, 0.1) is 6.20 Å². The molecule has 0 saturated carbocycles. The number of nitrogens with zero attached hydrogens (tertiary/aromatic N) is 4. The number of aryl methyl sites for hydroxylation is 1. The summed E-state index contributed by atoms with van der Waals surface area (Å²) in [6.45, 7) is 7.02. The minimum absolute atomic E-state index is 0.281. The number of halogens is 1. The molecule has 0 spiro atoms. The Hall–Kier alpha value is -1.85. The minimum Gasteiger partial charge on any atom is -0.364 e. The average Bonchev–Trinajstić information content (AvgIpc) is 3.02. The van der Waals surface area contributed by atoms with Crippen LogP contribution < -0.4 is 5.32 Å². The fourth-order valence-corrected chi connectivity index (χ4v) is 1.80. The summed E-state index contributed by atoms with van der Waals surface area (Å²) in [7, 11) is 0. The van der Waals surface area contributed by atoms with Gasteiger partial charge in [0.15, 0.2) is 0 Å². The highest BCUT2D eigenvalue weighted by Crippen LogP contribution is 2.13. The van der Waals surface area contributed by atoms with Crippen molar-refractivity contribution in [3.63, 3.8) is 0 Å². The normalized spacial score (nSPS) is 12.6. The molecule has 1 N–H and O–H groups in total. The van der Waals surface area contributed by atoms with E-state index in [2.05, 4.69) is 29.4 Å². The quantitative estimate of drug-likeness (QED) is 0.873. The highest BCUT2D eigenvalue weighted by atomic mass is 19.1. The van der Waals surface area contributed by atoms with Crippen molar-refractivity contribution in [2.45, 2.75) is 46.3 Å². The van der Waals surface area contributed by atoms with Crippen LogP contribution in [0.25, 0.3) is 0 Å². The van der Waals surface area contributed by atoms with Gasteiger partial charge in [-0.3, -0.25) is 4.68 Å². The molecule has 0 aromatic carbocycles. The molecule has 0 aliphatic heterocycles. The van der Waals surface area contributed by atoms with Crippen molar-refractivity contribution in [3.05, 3.63) is 30.0 Å². The van der Waals surface area contributed by atoms with Crippen LogP contribution in [0.2, 0.25) is 0 Å². The maximum atomic E-state index is 13.8. The van der Waals surface area contributed by atoms with E-state index in [4.69, 9.17) is 0 Å². The molecule has 2 aromatic heterocycles. The maximum Gasteiger partial charge on any atom is 0.216 e. The van der Waals surface area contributed by atoms with E-state index in [-0.39, 0.29) is 5.95 Å². The van der Waals surface area contributed by atoms with E-state index in [1.165, 1.54) is 4.68 Å². The summed E-state index contributed by atoms with van der Waals surface area (Å²) in [6, 6.07) is 2.27. The van der Waals surface area contributed by atoms with Crippen molar-refractivity contribution in [1.29, 1.82) is 0 Å². The second kappa shape index (κ2) is 5.86. The van der Waals surface area contributed by atoms with E-state index < -0.39 is 0 Å². The van der Waals surface area contributed by atoms with Gasteiger partial charge in [0.2, 0.25) is 5.95 Å². The molecule has 2 heterocycles. The lowest BCUT2D eigenvalue weighted by Crippen LogP contribution is -2.07. The molecule has 0 aliphatic rings. The summed E-state index contributed by atoms with van der Waals surface area (Å²) in [6.07, 6.45) is 4.51. The summed E-state index contributed by atoms with van der Waals surface area (Å²) in [5.41, 5.74) is 0.555. The Morgan fingerprint density at radius 1 is 1.42 bits per heavy atom. The molecule has 0 unspecified atom stereocenters. The number of aromatic nitrogens is 4. The van der Waals surface area contributed by atoms with Crippen LogP contribution in [0.4, 0.5) is 10.2 Å². The average molecular weight is 265 g/mol. The Morgan fingerprint density at radius 2 is 2.21 bits per heavy atom. The molecule has 0 radical (unpaired) electrons. The van der Waals surface area contributed by atoms with Gasteiger partial charge in [-0.25, -0.2) is 4.68 Å². The summed E-state index contributed by atoms with van der Waals surface area (Å²) < 4.78 is 17.0. The Kier molecular flexibility index (Phi) is 4.19. The zero-order valence-electron chi connectivity index (χ0n) is 11.6. The molecule has 2 rings (SSSR count). The van der Waals surface area contributed by atoms with E-state index in [1.807, 2.05) is 23.9 Å². The second-order valence-electron chi connectivity index (χ2n) is 4.57. The molecule has 0 bridgehead atoms. The number of anilines is 1. The van der Waals surface area contributed by atoms with Crippen molar-refractivity contribution >= 4 is 5.82 Å². The van der Waals surface area contributed by atoms with Gasteiger partial charge in [-0.2, -0.15) is 14.6 Å². The molecule has 5 nitrogen and oxygen atoms in total. The van der Waals surface area contributed by atoms with Crippen LogP contribution in [0.3, 0.4) is 0 Å². The maximum absolute atomic E-state index is 13.8. The number of hydrogen-bond donors (Lipinski definition) is 1. The Balaban J connectivity index is 1.98. The topological polar surface area (TPSA) is 47.7 Å². The van der Waals surface area contributed by atoms with Crippen LogP contribution in [-0.2, 0) is 13.1 Å². The molecule has 0 amide bonds. The van der Waals surface area contributed by atoms with Gasteiger partial charge in [0.25, 0.3) is 0 Å². The minimum atomic E-state index is -0.281. The lowest BCUT2D eigenvalue weighted by atomic mass is 10.3. The molecular formula is C13H20FN5. The Bertz CT molecular complexity index is 531. The molecular weight excluding hydrogens is 245 g/mol. The first-order chi connectivity index (χ1) is 9.15. The Morgan fingerprint density at radius 3 is 2.84 bits per heavy atom. The molecule has 2 aromatic rings. The van der Waals surface area contributed by atoms with Crippen LogP contribution in [0.1, 0.15) is 38.8 Å². The third-order valence-corrected chi connectivity index (χ3v) is 3.25. The first-order valence-corrected chi connectivity index (χ1v) is 6.64. The number of nitrogens with one attached hydrogen (secondary N) is 1. The predicted molar refractivity (Wildman–Crippen MR) is 72.4 cm³/mol. The smallest absolute Gasteiger partial charge is 0.216 e.